The summed E-state index contributed by atoms with van der Waals surface area (Å²) in [6, 6.07) is 22.5. The van der Waals surface area contributed by atoms with Gasteiger partial charge in [-0.2, -0.15) is 5.26 Å². The van der Waals surface area contributed by atoms with Gasteiger partial charge in [0, 0.05) is 28.2 Å². The second-order valence-corrected chi connectivity index (χ2v) is 9.79. The fourth-order valence-corrected chi connectivity index (χ4v) is 5.15. The second-order valence-electron chi connectivity index (χ2n) is 8.81. The molecule has 9 heteroatoms. The van der Waals surface area contributed by atoms with E-state index in [9.17, 15) is 14.9 Å². The van der Waals surface area contributed by atoms with E-state index in [2.05, 4.69) is 22.0 Å². The lowest BCUT2D eigenvalue weighted by atomic mass is 9.82. The zero-order valence-electron chi connectivity index (χ0n) is 21.7. The zero-order chi connectivity index (χ0) is 27.9. The SMILES string of the molecule is COc1ccc(NC(=O)CSC2=C(C#N)[C@@H](c3ccccc3F)C(C(=O)Nc3ccccc3C)=C(C)N2)cc1. The third-order valence-corrected chi connectivity index (χ3v) is 7.24. The number of ether oxygens (including phenoxy) is 1. The Labute approximate surface area is 230 Å². The Balaban J connectivity index is 1.63. The van der Waals surface area contributed by atoms with E-state index in [0.717, 1.165) is 17.3 Å². The minimum atomic E-state index is -0.964. The number of para-hydroxylation sites is 1. The first-order valence-corrected chi connectivity index (χ1v) is 13.1. The number of nitrogens with one attached hydrogen (secondary N) is 3. The van der Waals surface area contributed by atoms with Gasteiger partial charge in [0.2, 0.25) is 5.91 Å². The number of nitrogens with zero attached hydrogens (tertiary/aromatic N) is 1. The Hall–Kier alpha value is -4.55. The Morgan fingerprint density at radius 1 is 1.03 bits per heavy atom. The largest absolute Gasteiger partial charge is 0.497 e. The first-order valence-electron chi connectivity index (χ1n) is 12.1. The van der Waals surface area contributed by atoms with Crippen LogP contribution >= 0.6 is 11.8 Å². The van der Waals surface area contributed by atoms with Crippen molar-refractivity contribution in [1.29, 1.82) is 5.26 Å². The van der Waals surface area contributed by atoms with Crippen molar-refractivity contribution >= 4 is 35.0 Å². The quantitative estimate of drug-likeness (QED) is 0.330. The van der Waals surface area contributed by atoms with Gasteiger partial charge in [0.1, 0.15) is 11.6 Å². The normalized spacial score (nSPS) is 14.8. The average Bonchev–Trinajstić information content (AvgIpc) is 2.93. The Morgan fingerprint density at radius 2 is 1.72 bits per heavy atom. The number of methoxy groups -OCH3 is 1. The van der Waals surface area contributed by atoms with Crippen LogP contribution in [0.25, 0.3) is 0 Å². The molecule has 0 aromatic heterocycles. The fraction of sp³-hybridized carbons (Fsp3) is 0.167. The highest BCUT2D eigenvalue weighted by atomic mass is 32.2. The monoisotopic (exact) mass is 542 g/mol. The summed E-state index contributed by atoms with van der Waals surface area (Å²) in [7, 11) is 1.56. The number of amides is 2. The van der Waals surface area contributed by atoms with Gasteiger partial charge in [-0.25, -0.2) is 4.39 Å². The first kappa shape index (κ1) is 27.5. The van der Waals surface area contributed by atoms with Gasteiger partial charge in [-0.05, 0) is 55.8 Å². The Kier molecular flexibility index (Phi) is 8.69. The van der Waals surface area contributed by atoms with Crippen molar-refractivity contribution in [3.63, 3.8) is 0 Å². The van der Waals surface area contributed by atoms with Gasteiger partial charge in [0.15, 0.2) is 0 Å². The fourth-order valence-electron chi connectivity index (χ4n) is 4.26. The highest BCUT2D eigenvalue weighted by molar-refractivity contribution is 8.03. The topological polar surface area (TPSA) is 103 Å². The molecule has 39 heavy (non-hydrogen) atoms. The maximum atomic E-state index is 15.1. The lowest BCUT2D eigenvalue weighted by Gasteiger charge is -2.30. The van der Waals surface area contributed by atoms with Crippen LogP contribution in [-0.4, -0.2) is 24.7 Å². The number of aryl methyl sites for hydroxylation is 1. The molecule has 0 radical (unpaired) electrons. The summed E-state index contributed by atoms with van der Waals surface area (Å²) < 4.78 is 20.2. The van der Waals surface area contributed by atoms with E-state index in [4.69, 9.17) is 4.74 Å². The molecule has 0 spiro atoms. The van der Waals surface area contributed by atoms with Crippen LogP contribution in [-0.2, 0) is 9.59 Å². The molecule has 1 atom stereocenters. The number of allylic oxidation sites excluding steroid dienone is 2. The summed E-state index contributed by atoms with van der Waals surface area (Å²) in [6.45, 7) is 3.57. The van der Waals surface area contributed by atoms with Crippen LogP contribution in [0.4, 0.5) is 15.8 Å². The molecule has 3 aromatic carbocycles. The van der Waals surface area contributed by atoms with Crippen molar-refractivity contribution < 1.29 is 18.7 Å². The van der Waals surface area contributed by atoms with Crippen molar-refractivity contribution in [2.75, 3.05) is 23.5 Å². The molecule has 4 rings (SSSR count). The van der Waals surface area contributed by atoms with Crippen LogP contribution in [0.2, 0.25) is 0 Å². The summed E-state index contributed by atoms with van der Waals surface area (Å²) in [4.78, 5) is 26.2. The molecule has 0 saturated heterocycles. The number of anilines is 2. The Morgan fingerprint density at radius 3 is 2.38 bits per heavy atom. The first-order chi connectivity index (χ1) is 18.8. The molecule has 7 nitrogen and oxygen atoms in total. The van der Waals surface area contributed by atoms with Crippen molar-refractivity contribution in [3.05, 3.63) is 112 Å². The molecule has 0 aliphatic carbocycles. The van der Waals surface area contributed by atoms with E-state index in [-0.39, 0.29) is 28.4 Å². The number of benzene rings is 3. The number of thioether (sulfide) groups is 1. The number of rotatable bonds is 8. The lowest BCUT2D eigenvalue weighted by Crippen LogP contribution is -2.31. The van der Waals surface area contributed by atoms with E-state index in [1.54, 1.807) is 62.6 Å². The minimum absolute atomic E-state index is 0.0123. The van der Waals surface area contributed by atoms with E-state index in [1.165, 1.54) is 6.07 Å². The molecule has 0 saturated carbocycles. The molecule has 0 fully saturated rings. The van der Waals surface area contributed by atoms with E-state index < -0.39 is 17.6 Å². The van der Waals surface area contributed by atoms with Crippen molar-refractivity contribution in [1.82, 2.24) is 5.32 Å². The molecule has 0 bridgehead atoms. The van der Waals surface area contributed by atoms with Gasteiger partial charge in [0.25, 0.3) is 5.91 Å². The lowest BCUT2D eigenvalue weighted by molar-refractivity contribution is -0.114. The van der Waals surface area contributed by atoms with Crippen molar-refractivity contribution in [2.24, 2.45) is 0 Å². The van der Waals surface area contributed by atoms with E-state index in [0.29, 0.717) is 27.9 Å². The third-order valence-electron chi connectivity index (χ3n) is 6.22. The maximum Gasteiger partial charge on any atom is 0.254 e. The van der Waals surface area contributed by atoms with Gasteiger partial charge in [-0.15, -0.1) is 0 Å². The molecule has 2 amide bonds. The number of carbonyl (C=O) groups is 2. The summed E-state index contributed by atoms with van der Waals surface area (Å²) >= 11 is 1.11. The summed E-state index contributed by atoms with van der Waals surface area (Å²) in [5, 5.41) is 19.4. The summed E-state index contributed by atoms with van der Waals surface area (Å²) in [5.41, 5.74) is 3.13. The van der Waals surface area contributed by atoms with Gasteiger partial charge >= 0.3 is 0 Å². The molecular formula is C30H27FN4O3S. The number of hydrogen-bond acceptors (Lipinski definition) is 6. The van der Waals surface area contributed by atoms with Crippen LogP contribution in [0.3, 0.4) is 0 Å². The predicted octanol–water partition coefficient (Wildman–Crippen LogP) is 5.85. The van der Waals surface area contributed by atoms with Gasteiger partial charge < -0.3 is 20.7 Å². The number of halogens is 1. The second kappa shape index (κ2) is 12.3. The molecule has 0 unspecified atom stereocenters. The average molecular weight is 543 g/mol. The van der Waals surface area contributed by atoms with Gasteiger partial charge in [-0.1, -0.05) is 48.2 Å². The standard InChI is InChI=1S/C30H27FN4O3S/c1-18-8-4-7-11-25(18)35-29(37)27-19(2)33-30(23(16-32)28(27)22-9-5-6-10-24(22)31)39-17-26(36)34-20-12-14-21(38-3)15-13-20/h4-15,28,33H,17H2,1-3H3,(H,34,36)(H,35,37)/t28-/m1/s1. The van der Waals surface area contributed by atoms with Gasteiger partial charge in [0.05, 0.1) is 35.5 Å². The molecule has 1 aliphatic heterocycles. The molecule has 3 aromatic rings. The van der Waals surface area contributed by atoms with Crippen LogP contribution in [0.5, 0.6) is 5.75 Å². The number of nitriles is 1. The molecule has 198 valence electrons. The van der Waals surface area contributed by atoms with Crippen molar-refractivity contribution in [2.45, 2.75) is 19.8 Å². The Bertz CT molecular complexity index is 1510. The minimum Gasteiger partial charge on any atom is -0.497 e. The van der Waals surface area contributed by atoms with Crippen LogP contribution in [0.15, 0.2) is 94.7 Å². The third kappa shape index (κ3) is 6.30. The van der Waals surface area contributed by atoms with Gasteiger partial charge in [-0.3, -0.25) is 9.59 Å². The smallest absolute Gasteiger partial charge is 0.254 e. The van der Waals surface area contributed by atoms with Crippen LogP contribution < -0.4 is 20.7 Å². The van der Waals surface area contributed by atoms with Crippen LogP contribution in [0.1, 0.15) is 24.0 Å². The molecule has 1 aliphatic rings. The predicted molar refractivity (Wildman–Crippen MR) is 152 cm³/mol. The van der Waals surface area contributed by atoms with E-state index in [1.807, 2.05) is 25.1 Å². The highest BCUT2D eigenvalue weighted by Crippen LogP contribution is 2.42. The van der Waals surface area contributed by atoms with Crippen molar-refractivity contribution in [3.8, 4) is 11.8 Å². The highest BCUT2D eigenvalue weighted by Gasteiger charge is 2.36. The molecule has 3 N–H and O–H groups in total. The van der Waals surface area contributed by atoms with E-state index >= 15 is 4.39 Å². The maximum absolute atomic E-state index is 15.1. The molecule has 1 heterocycles. The van der Waals surface area contributed by atoms with Crippen LogP contribution in [0, 0.1) is 24.1 Å². The number of dihydropyridines is 1. The summed E-state index contributed by atoms with van der Waals surface area (Å²) in [5.74, 6) is -1.58. The zero-order valence-corrected chi connectivity index (χ0v) is 22.5. The summed E-state index contributed by atoms with van der Waals surface area (Å²) in [6.07, 6.45) is 0. The number of carbonyl (C=O) groups excluding carboxylic acids is 2. The number of hydrogen-bond donors (Lipinski definition) is 3. The molecular weight excluding hydrogens is 515 g/mol.